The molecular weight excluding hydrogens is 896 g/mol. The average Bonchev–Trinajstić information content (AvgIpc) is 3.94. The van der Waals surface area contributed by atoms with Gasteiger partial charge in [0.15, 0.2) is 17.0 Å². The molecule has 7 rings (SSSR count). The van der Waals surface area contributed by atoms with E-state index in [4.69, 9.17) is 10.5 Å². The van der Waals surface area contributed by atoms with Crippen molar-refractivity contribution in [2.24, 2.45) is 12.8 Å². The Hall–Kier alpha value is -6.79. The number of fused-ring (bicyclic) bond motifs is 1. The Morgan fingerprint density at radius 3 is 2.55 bits per heavy atom. The number of anilines is 7. The lowest BCUT2D eigenvalue weighted by molar-refractivity contribution is -0.117. The second-order valence-electron chi connectivity index (χ2n) is 13.9. The number of unbranched alkanes of at least 4 members (excludes halogenated alkanes) is 1. The normalized spacial score (nSPS) is 15.1. The number of imidazole rings is 1. The van der Waals surface area contributed by atoms with E-state index in [-0.39, 0.29) is 59.4 Å². The van der Waals surface area contributed by atoms with E-state index < -0.39 is 39.9 Å². The molecule has 2 aromatic carbocycles. The van der Waals surface area contributed by atoms with Crippen molar-refractivity contribution in [3.63, 3.8) is 0 Å². The van der Waals surface area contributed by atoms with Gasteiger partial charge in [0.1, 0.15) is 23.5 Å². The molecule has 2 atom stereocenters. The summed E-state index contributed by atoms with van der Waals surface area (Å²) in [6, 6.07) is 9.23. The fourth-order valence-corrected chi connectivity index (χ4v) is 7.83. The van der Waals surface area contributed by atoms with Crippen molar-refractivity contribution in [1.82, 2.24) is 49.3 Å². The predicted octanol–water partition coefficient (Wildman–Crippen LogP) is 4.18. The second kappa shape index (κ2) is 18.4. The van der Waals surface area contributed by atoms with Crippen molar-refractivity contribution in [3.8, 4) is 5.88 Å². The average molecular weight is 937 g/mol. The maximum absolute atomic E-state index is 14.9. The van der Waals surface area contributed by atoms with Crippen molar-refractivity contribution in [2.45, 2.75) is 36.5 Å². The largest absolute Gasteiger partial charge is 0.478 e. The number of primary amides is 1. The third kappa shape index (κ3) is 9.71. The van der Waals surface area contributed by atoms with Gasteiger partial charge in [-0.05, 0) is 71.2 Å². The van der Waals surface area contributed by atoms with Crippen LogP contribution in [0.5, 0.6) is 5.88 Å². The molecule has 0 aliphatic carbocycles. The summed E-state index contributed by atoms with van der Waals surface area (Å²) in [5.41, 5.74) is 7.08. The molecule has 1 fully saturated rings. The summed E-state index contributed by atoms with van der Waals surface area (Å²) in [7, 11) is -0.598. The number of ether oxygens (including phenoxy) is 1. The number of benzene rings is 2. The molecule has 5 heterocycles. The Morgan fingerprint density at radius 2 is 1.81 bits per heavy atom. The van der Waals surface area contributed by atoms with Gasteiger partial charge in [-0.1, -0.05) is 12.6 Å². The van der Waals surface area contributed by atoms with Gasteiger partial charge in [0, 0.05) is 38.6 Å². The zero-order valence-corrected chi connectivity index (χ0v) is 35.5. The number of halogens is 3. The first-order valence-electron chi connectivity index (χ1n) is 18.9. The van der Waals surface area contributed by atoms with Crippen LogP contribution < -0.4 is 41.4 Å². The van der Waals surface area contributed by atoms with E-state index >= 15 is 0 Å². The van der Waals surface area contributed by atoms with Crippen LogP contribution in [0, 0.1) is 5.82 Å². The zero-order chi connectivity index (χ0) is 44.1. The lowest BCUT2D eigenvalue weighted by atomic mass is 10.1. The molecule has 4 aromatic heterocycles. The highest BCUT2D eigenvalue weighted by molar-refractivity contribution is 9.10. The number of hydrogen-bond acceptors (Lipinski definition) is 15. The van der Waals surface area contributed by atoms with Gasteiger partial charge in [0.2, 0.25) is 27.8 Å². The highest BCUT2D eigenvalue weighted by Crippen LogP contribution is 2.32. The quantitative estimate of drug-likeness (QED) is 0.0522. The van der Waals surface area contributed by atoms with E-state index in [1.807, 2.05) is 0 Å². The van der Waals surface area contributed by atoms with Gasteiger partial charge < -0.3 is 41.2 Å². The van der Waals surface area contributed by atoms with E-state index in [9.17, 15) is 26.8 Å². The number of aromatic nitrogens is 8. The summed E-state index contributed by atoms with van der Waals surface area (Å²) in [6.45, 7) is 4.15. The molecule has 20 nitrogen and oxygen atoms in total. The van der Waals surface area contributed by atoms with E-state index in [1.54, 1.807) is 45.9 Å². The molecule has 7 N–H and O–H groups in total. The number of amides is 2. The fraction of sp³-hybridized carbons (Fsp3) is 0.263. The number of hydrogen-bond donors (Lipinski definition) is 6. The van der Waals surface area contributed by atoms with Crippen molar-refractivity contribution < 1.29 is 31.5 Å². The summed E-state index contributed by atoms with van der Waals surface area (Å²) in [5, 5.41) is 16.2. The van der Waals surface area contributed by atoms with E-state index in [1.165, 1.54) is 37.6 Å². The Labute approximate surface area is 361 Å². The van der Waals surface area contributed by atoms with Crippen molar-refractivity contribution in [1.29, 1.82) is 0 Å². The highest BCUT2D eigenvalue weighted by Gasteiger charge is 2.35. The SMILES string of the molecule is C=CC(=O)N[C@@H]1CN(c2nc(Nc3cn(CCCCNS(=O)(=O)c4ccc(Nc5ncc(Br)c(Nc6cccc(F)c6C(N)=O)n5)cc4)nc3OC)c3ncn(C)c3n2)C[C@H]1F. The first kappa shape index (κ1) is 43.3. The summed E-state index contributed by atoms with van der Waals surface area (Å²) >= 11 is 3.34. The molecule has 24 heteroatoms. The number of nitrogens with zero attached hydrogens (tertiary/aromatic N) is 9. The number of sulfonamides is 1. The van der Waals surface area contributed by atoms with E-state index in [0.717, 1.165) is 12.1 Å². The number of aryl methyl sites for hydroxylation is 2. The third-order valence-electron chi connectivity index (χ3n) is 9.55. The minimum absolute atomic E-state index is 0.0274. The summed E-state index contributed by atoms with van der Waals surface area (Å²) in [4.78, 5) is 47.7. The van der Waals surface area contributed by atoms with E-state index in [0.29, 0.717) is 52.2 Å². The van der Waals surface area contributed by atoms with Gasteiger partial charge in [-0.25, -0.2) is 31.9 Å². The van der Waals surface area contributed by atoms with Crippen molar-refractivity contribution in [3.05, 3.63) is 89.7 Å². The van der Waals surface area contributed by atoms with Crippen LogP contribution in [0.15, 0.2) is 83.2 Å². The third-order valence-corrected chi connectivity index (χ3v) is 11.6. The maximum atomic E-state index is 14.9. The minimum atomic E-state index is -3.85. The molecule has 2 amide bonds. The van der Waals surface area contributed by atoms with Crippen LogP contribution in [-0.4, -0.2) is 98.5 Å². The molecule has 0 saturated carbocycles. The lowest BCUT2D eigenvalue weighted by Crippen LogP contribution is -2.40. The Bertz CT molecular complexity index is 2750. The van der Waals surface area contributed by atoms with Crippen LogP contribution >= 0.6 is 15.9 Å². The first-order valence-corrected chi connectivity index (χ1v) is 21.1. The fourth-order valence-electron chi connectivity index (χ4n) is 6.47. The molecule has 1 aliphatic rings. The van der Waals surface area contributed by atoms with Crippen LogP contribution in [0.2, 0.25) is 0 Å². The van der Waals surface area contributed by atoms with Gasteiger partial charge in [-0.3, -0.25) is 14.3 Å². The van der Waals surface area contributed by atoms with Crippen LogP contribution in [0.4, 0.5) is 49.4 Å². The van der Waals surface area contributed by atoms with Gasteiger partial charge in [0.25, 0.3) is 11.8 Å². The van der Waals surface area contributed by atoms with Gasteiger partial charge >= 0.3 is 0 Å². The van der Waals surface area contributed by atoms with Crippen molar-refractivity contribution in [2.75, 3.05) is 47.6 Å². The van der Waals surface area contributed by atoms with Crippen LogP contribution in [0.1, 0.15) is 23.2 Å². The molecule has 0 unspecified atom stereocenters. The number of alkyl halides is 1. The molecule has 0 bridgehead atoms. The van der Waals surface area contributed by atoms with Gasteiger partial charge in [-0.15, -0.1) is 5.10 Å². The Balaban J connectivity index is 0.931. The number of nitrogens with one attached hydrogen (secondary N) is 5. The van der Waals surface area contributed by atoms with Gasteiger partial charge in [-0.2, -0.15) is 15.0 Å². The van der Waals surface area contributed by atoms with Crippen LogP contribution in [-0.2, 0) is 28.4 Å². The van der Waals surface area contributed by atoms with Crippen LogP contribution in [0.3, 0.4) is 0 Å². The molecule has 0 spiro atoms. The topological polar surface area (TPSA) is 254 Å². The molecule has 0 radical (unpaired) electrons. The number of rotatable bonds is 18. The molecule has 6 aromatic rings. The maximum Gasteiger partial charge on any atom is 0.256 e. The summed E-state index contributed by atoms with van der Waals surface area (Å²) in [6.07, 6.45) is 5.56. The monoisotopic (exact) mass is 935 g/mol. The smallest absolute Gasteiger partial charge is 0.256 e. The molecule has 1 saturated heterocycles. The standard InChI is InChI=1S/C38H40BrF2N15O5S/c1-4-29(57)47-27-18-55(17-25(27)41)38-51-34(31-35(52-38)54(2)20-44-31)49-28-19-56(53-36(28)61-3)15-6-5-14-45-62(59,60)22-12-10-21(11-13-22)46-37-43-16-23(39)33(50-37)48-26-9-7-8-24(40)30(26)32(42)58/h4,7-13,16,19-20,25,27,45H,1,5-6,14-15,17-18H2,2-3H3,(H2,42,58)(H,47,57)(H,49,51,52)(H2,43,46,48,50)/t25-,27-/m1/s1. The van der Waals surface area contributed by atoms with Gasteiger partial charge in [0.05, 0.1) is 52.8 Å². The van der Waals surface area contributed by atoms with Crippen LogP contribution in [0.25, 0.3) is 11.2 Å². The Kier molecular flexibility index (Phi) is 12.9. The van der Waals surface area contributed by atoms with Crippen molar-refractivity contribution >= 4 is 89.5 Å². The number of methoxy groups -OCH3 is 1. The highest BCUT2D eigenvalue weighted by atomic mass is 79.9. The summed E-state index contributed by atoms with van der Waals surface area (Å²) in [5.74, 6) is -1.00. The minimum Gasteiger partial charge on any atom is -0.478 e. The number of carbonyl (C=O) groups is 2. The molecule has 62 heavy (non-hydrogen) atoms. The zero-order valence-electron chi connectivity index (χ0n) is 33.1. The first-order chi connectivity index (χ1) is 29.7. The number of nitrogens with two attached hydrogens (primary N) is 1. The predicted molar refractivity (Wildman–Crippen MR) is 230 cm³/mol. The molecular formula is C38H40BrF2N15O5S. The van der Waals surface area contributed by atoms with E-state index in [2.05, 4.69) is 78.5 Å². The lowest BCUT2D eigenvalue weighted by Gasteiger charge is -2.17. The second-order valence-corrected chi connectivity index (χ2v) is 16.5. The number of carbonyl (C=O) groups excluding carboxylic acids is 2. The molecule has 324 valence electrons. The Morgan fingerprint density at radius 1 is 1.03 bits per heavy atom. The summed E-state index contributed by atoms with van der Waals surface area (Å²) < 4.78 is 67.3. The molecule has 1 aliphatic heterocycles.